The van der Waals surface area contributed by atoms with E-state index in [0.717, 1.165) is 44.8 Å². The second-order valence-electron chi connectivity index (χ2n) is 6.77. The van der Waals surface area contributed by atoms with E-state index in [0.29, 0.717) is 19.0 Å². The normalized spacial score (nSPS) is 30.0. The Morgan fingerprint density at radius 3 is 2.64 bits per heavy atom. The summed E-state index contributed by atoms with van der Waals surface area (Å²) in [5.41, 5.74) is 0. The van der Waals surface area contributed by atoms with E-state index < -0.39 is 10.2 Å². The predicted octanol–water partition coefficient (Wildman–Crippen LogP) is 0.796. The van der Waals surface area contributed by atoms with Crippen LogP contribution in [-0.4, -0.2) is 80.6 Å². The van der Waals surface area contributed by atoms with Crippen molar-refractivity contribution < 1.29 is 17.9 Å². The largest absolute Gasteiger partial charge is 0.381 e. The zero-order valence-electron chi connectivity index (χ0n) is 13.4. The van der Waals surface area contributed by atoms with Gasteiger partial charge in [-0.15, -0.1) is 11.8 Å². The molecule has 0 aromatic rings. The zero-order valence-corrected chi connectivity index (χ0v) is 15.0. The lowest BCUT2D eigenvalue weighted by molar-refractivity contribution is -0.00935. The summed E-state index contributed by atoms with van der Waals surface area (Å²) in [5, 5.41) is 0. The van der Waals surface area contributed by atoms with Gasteiger partial charge in [-0.3, -0.25) is 0 Å². The molecule has 0 aromatic heterocycles. The lowest BCUT2D eigenvalue weighted by Crippen LogP contribution is -2.62. The van der Waals surface area contributed by atoms with Gasteiger partial charge in [0.15, 0.2) is 0 Å². The van der Waals surface area contributed by atoms with Gasteiger partial charge in [-0.25, -0.2) is 0 Å². The van der Waals surface area contributed by atoms with Gasteiger partial charge in [0.1, 0.15) is 0 Å². The minimum Gasteiger partial charge on any atom is -0.381 e. The maximum absolute atomic E-state index is 12.1. The van der Waals surface area contributed by atoms with Crippen LogP contribution in [0, 0.1) is 5.92 Å². The molecule has 3 heterocycles. The summed E-state index contributed by atoms with van der Waals surface area (Å²) in [7, 11) is -0.0814. The first-order chi connectivity index (χ1) is 10.4. The summed E-state index contributed by atoms with van der Waals surface area (Å²) in [6.07, 6.45) is 3.44. The fraction of sp³-hybridized carbons (Fsp3) is 1.00. The number of nitrogens with zero attached hydrogens (tertiary/aromatic N) is 2. The lowest BCUT2D eigenvalue weighted by atomic mass is 9.95. The van der Waals surface area contributed by atoms with Crippen LogP contribution >= 0.6 is 11.8 Å². The molecule has 0 aromatic carbocycles. The van der Waals surface area contributed by atoms with E-state index in [1.54, 1.807) is 18.4 Å². The molecule has 1 atom stereocenters. The van der Waals surface area contributed by atoms with E-state index in [-0.39, 0.29) is 10.9 Å². The van der Waals surface area contributed by atoms with E-state index in [9.17, 15) is 8.42 Å². The fourth-order valence-electron chi connectivity index (χ4n) is 3.31. The Morgan fingerprint density at radius 2 is 2.00 bits per heavy atom. The van der Waals surface area contributed by atoms with Crippen molar-refractivity contribution in [1.29, 1.82) is 0 Å². The van der Waals surface area contributed by atoms with Crippen LogP contribution in [0.3, 0.4) is 0 Å². The Morgan fingerprint density at radius 1 is 1.32 bits per heavy atom. The molecule has 3 saturated heterocycles. The highest BCUT2D eigenvalue weighted by Gasteiger charge is 2.53. The average molecular weight is 351 g/mol. The molecule has 3 aliphatic rings. The number of ether oxygens (including phenoxy) is 2. The van der Waals surface area contributed by atoms with Gasteiger partial charge in [0.2, 0.25) is 0 Å². The number of thioether (sulfide) groups is 1. The minimum atomic E-state index is -3.25. The van der Waals surface area contributed by atoms with E-state index in [4.69, 9.17) is 9.47 Å². The molecule has 0 bridgehead atoms. The third kappa shape index (κ3) is 3.47. The second kappa shape index (κ2) is 6.57. The first kappa shape index (κ1) is 17.0. The van der Waals surface area contributed by atoms with Gasteiger partial charge in [0.05, 0.1) is 6.10 Å². The Labute approximate surface area is 137 Å². The Hall–Kier alpha value is 0.140. The van der Waals surface area contributed by atoms with Crippen LogP contribution in [0.25, 0.3) is 0 Å². The van der Waals surface area contributed by atoms with Crippen molar-refractivity contribution in [2.45, 2.75) is 30.1 Å². The summed E-state index contributed by atoms with van der Waals surface area (Å²) < 4.78 is 38.5. The predicted molar refractivity (Wildman–Crippen MR) is 87.3 cm³/mol. The van der Waals surface area contributed by atoms with E-state index >= 15 is 0 Å². The molecule has 6 nitrogen and oxygen atoms in total. The van der Waals surface area contributed by atoms with Crippen LogP contribution in [0.2, 0.25) is 0 Å². The molecule has 0 saturated carbocycles. The Kier molecular flexibility index (Phi) is 5.07. The Balaban J connectivity index is 1.43. The highest BCUT2D eigenvalue weighted by atomic mass is 32.2. The molecular formula is C14H26N2O4S2. The maximum atomic E-state index is 12.1. The van der Waals surface area contributed by atoms with Crippen molar-refractivity contribution in [3.8, 4) is 0 Å². The number of rotatable bonds is 5. The van der Waals surface area contributed by atoms with Gasteiger partial charge < -0.3 is 9.47 Å². The third-order valence-electron chi connectivity index (χ3n) is 4.80. The average Bonchev–Trinajstić information content (AvgIpc) is 2.89. The molecule has 0 radical (unpaired) electrons. The van der Waals surface area contributed by atoms with E-state index in [2.05, 4.69) is 0 Å². The third-order valence-corrected chi connectivity index (χ3v) is 8.21. The van der Waals surface area contributed by atoms with Crippen LogP contribution in [0.15, 0.2) is 0 Å². The quantitative estimate of drug-likeness (QED) is 0.734. The molecule has 0 aliphatic carbocycles. The van der Waals surface area contributed by atoms with E-state index in [1.165, 1.54) is 4.31 Å². The molecule has 3 rings (SSSR count). The van der Waals surface area contributed by atoms with Crippen molar-refractivity contribution in [2.75, 3.05) is 52.8 Å². The molecule has 3 fully saturated rings. The van der Waals surface area contributed by atoms with Crippen LogP contribution in [0.4, 0.5) is 0 Å². The molecule has 1 spiro atoms. The first-order valence-electron chi connectivity index (χ1n) is 7.92. The summed E-state index contributed by atoms with van der Waals surface area (Å²) in [4.78, 5) is 0. The summed E-state index contributed by atoms with van der Waals surface area (Å²) in [6.45, 7) is 3.78. The van der Waals surface area contributed by atoms with Gasteiger partial charge in [-0.2, -0.15) is 17.0 Å². The number of hydrogen-bond donors (Lipinski definition) is 0. The number of hydrogen-bond acceptors (Lipinski definition) is 5. The molecule has 128 valence electrons. The Bertz CT molecular complexity index is 485. The first-order valence-corrected chi connectivity index (χ1v) is 10.3. The summed E-state index contributed by atoms with van der Waals surface area (Å²) in [6, 6.07) is 0. The van der Waals surface area contributed by atoms with Gasteiger partial charge in [-0.05, 0) is 25.2 Å². The molecule has 0 N–H and O–H groups in total. The van der Waals surface area contributed by atoms with Crippen LogP contribution in [-0.2, 0) is 19.7 Å². The van der Waals surface area contributed by atoms with Crippen molar-refractivity contribution >= 4 is 22.0 Å². The van der Waals surface area contributed by atoms with Crippen LogP contribution < -0.4 is 0 Å². The summed E-state index contributed by atoms with van der Waals surface area (Å²) >= 11 is 1.88. The van der Waals surface area contributed by atoms with Crippen LogP contribution in [0.5, 0.6) is 0 Å². The van der Waals surface area contributed by atoms with Crippen molar-refractivity contribution in [3.63, 3.8) is 0 Å². The van der Waals surface area contributed by atoms with Crippen molar-refractivity contribution in [3.05, 3.63) is 0 Å². The molecule has 22 heavy (non-hydrogen) atoms. The molecule has 0 amide bonds. The van der Waals surface area contributed by atoms with Crippen LogP contribution in [0.1, 0.15) is 19.3 Å². The molecule has 3 aliphatic heterocycles. The highest BCUT2D eigenvalue weighted by Crippen LogP contribution is 2.47. The van der Waals surface area contributed by atoms with Gasteiger partial charge >= 0.3 is 0 Å². The summed E-state index contributed by atoms with van der Waals surface area (Å²) in [5.74, 6) is 1.61. The second-order valence-corrected chi connectivity index (χ2v) is 10.4. The SMILES string of the molecule is CN(C)S(=O)(=O)N1CC2(CC(OCC3CCOCC3)CS2)C1. The van der Waals surface area contributed by atoms with Crippen molar-refractivity contribution in [1.82, 2.24) is 8.61 Å². The van der Waals surface area contributed by atoms with Gasteiger partial charge in [0.25, 0.3) is 10.2 Å². The monoisotopic (exact) mass is 350 g/mol. The lowest BCUT2D eigenvalue weighted by Gasteiger charge is -2.46. The molecular weight excluding hydrogens is 324 g/mol. The maximum Gasteiger partial charge on any atom is 0.281 e. The molecule has 1 unspecified atom stereocenters. The smallest absolute Gasteiger partial charge is 0.281 e. The van der Waals surface area contributed by atoms with Crippen molar-refractivity contribution in [2.24, 2.45) is 5.92 Å². The molecule has 8 heteroatoms. The standard InChI is InChI=1S/C14H26N2O4S2/c1-15(2)22(17,18)16-10-14(11-16)7-13(9-21-14)20-8-12-3-5-19-6-4-12/h12-13H,3-11H2,1-2H3. The minimum absolute atomic E-state index is 0.0867. The highest BCUT2D eigenvalue weighted by molar-refractivity contribution is 8.01. The topological polar surface area (TPSA) is 59.1 Å². The fourth-order valence-corrected chi connectivity index (χ4v) is 6.30. The van der Waals surface area contributed by atoms with Gasteiger partial charge in [0, 0.05) is 57.5 Å². The van der Waals surface area contributed by atoms with E-state index in [1.807, 2.05) is 11.8 Å². The zero-order chi connectivity index (χ0) is 15.8. The van der Waals surface area contributed by atoms with Gasteiger partial charge in [-0.1, -0.05) is 0 Å².